The minimum atomic E-state index is -4.97. The van der Waals surface area contributed by atoms with Crippen LogP contribution in [-0.2, 0) is 65.4 Å². The Bertz CT molecular complexity index is 2140. The first-order valence-corrected chi connectivity index (χ1v) is 48.4. The van der Waals surface area contributed by atoms with E-state index in [2.05, 4.69) is 58.9 Å². The summed E-state index contributed by atoms with van der Waals surface area (Å²) in [6.07, 6.45) is 78.5. The maximum atomic E-state index is 13.2. The summed E-state index contributed by atoms with van der Waals surface area (Å²) >= 11 is 0. The molecule has 17 nitrogen and oxygen atoms in total. The number of ether oxygens (including phenoxy) is 4. The maximum Gasteiger partial charge on any atom is 0.472 e. The van der Waals surface area contributed by atoms with E-state index in [1.807, 2.05) is 0 Å². The fourth-order valence-electron chi connectivity index (χ4n) is 13.5. The highest BCUT2D eigenvalue weighted by molar-refractivity contribution is 7.47. The highest BCUT2D eigenvalue weighted by Crippen LogP contribution is 2.45. The quantitative estimate of drug-likeness (QED) is 0.0169. The van der Waals surface area contributed by atoms with Crippen molar-refractivity contribution in [2.45, 2.75) is 477 Å². The molecule has 0 radical (unpaired) electrons. The molecule has 0 aromatic rings. The van der Waals surface area contributed by atoms with Crippen molar-refractivity contribution in [3.05, 3.63) is 24.3 Å². The number of carbonyl (C=O) groups excluding carboxylic acids is 4. The van der Waals surface area contributed by atoms with E-state index >= 15 is 0 Å². The molecule has 638 valence electrons. The van der Waals surface area contributed by atoms with Gasteiger partial charge in [-0.2, -0.15) is 0 Å². The van der Waals surface area contributed by atoms with Crippen LogP contribution < -0.4 is 0 Å². The molecule has 0 aliphatic carbocycles. The van der Waals surface area contributed by atoms with E-state index in [1.54, 1.807) is 0 Å². The second-order valence-corrected chi connectivity index (χ2v) is 34.7. The Kier molecular flexibility index (Phi) is 79.3. The maximum absolute atomic E-state index is 13.2. The van der Waals surface area contributed by atoms with Gasteiger partial charge in [-0.1, -0.05) is 406 Å². The minimum Gasteiger partial charge on any atom is -0.462 e. The summed E-state index contributed by atoms with van der Waals surface area (Å²) in [5, 5.41) is 10.7. The highest BCUT2D eigenvalue weighted by atomic mass is 31.2. The van der Waals surface area contributed by atoms with Gasteiger partial charge in [0.15, 0.2) is 12.2 Å². The van der Waals surface area contributed by atoms with Crippen LogP contribution in [0.5, 0.6) is 0 Å². The zero-order valence-corrected chi connectivity index (χ0v) is 72.3. The van der Waals surface area contributed by atoms with Gasteiger partial charge in [0.2, 0.25) is 0 Å². The molecule has 2 unspecified atom stereocenters. The van der Waals surface area contributed by atoms with Crippen LogP contribution in [0.25, 0.3) is 0 Å². The summed E-state index contributed by atoms with van der Waals surface area (Å²) in [6.45, 7) is 7.35. The van der Waals surface area contributed by atoms with E-state index in [1.165, 1.54) is 270 Å². The molecule has 0 heterocycles. The van der Waals surface area contributed by atoms with Crippen molar-refractivity contribution in [2.75, 3.05) is 39.6 Å². The Morgan fingerprint density at radius 1 is 0.287 bits per heavy atom. The molecule has 108 heavy (non-hydrogen) atoms. The molecule has 0 saturated carbocycles. The van der Waals surface area contributed by atoms with Crippen LogP contribution in [0, 0.1) is 5.92 Å². The molecule has 19 heteroatoms. The SMILES string of the molecule is CCCCCC/C=C\C=C/CCCCCCCC(=O)O[C@H](COC(=O)CCCCCCCCCCCCCCC)COP(=O)(O)OC[C@H](O)COP(=O)(O)OC[C@@H](COC(=O)CCCCCCCCCCCCCCCCCCCCC)OC(=O)CCCCCCCCCCCCCCCCCCCCC(C)C. The van der Waals surface area contributed by atoms with Crippen LogP contribution in [0.15, 0.2) is 24.3 Å². The second kappa shape index (κ2) is 81.1. The minimum absolute atomic E-state index is 0.0860. The van der Waals surface area contributed by atoms with Crippen molar-refractivity contribution >= 4 is 39.5 Å². The molecule has 0 spiro atoms. The van der Waals surface area contributed by atoms with Crippen molar-refractivity contribution in [1.82, 2.24) is 0 Å². The Balaban J connectivity index is 5.28. The van der Waals surface area contributed by atoms with Gasteiger partial charge in [0, 0.05) is 25.7 Å². The van der Waals surface area contributed by atoms with E-state index in [9.17, 15) is 43.2 Å². The third-order valence-corrected chi connectivity index (χ3v) is 22.3. The Hall–Kier alpha value is -2.46. The Morgan fingerprint density at radius 2 is 0.500 bits per heavy atom. The molecule has 3 N–H and O–H groups in total. The third-order valence-electron chi connectivity index (χ3n) is 20.4. The van der Waals surface area contributed by atoms with Gasteiger partial charge in [0.05, 0.1) is 26.4 Å². The van der Waals surface area contributed by atoms with Crippen molar-refractivity contribution in [3.8, 4) is 0 Å². The number of phosphoric ester groups is 2. The number of aliphatic hydroxyl groups excluding tert-OH is 1. The first kappa shape index (κ1) is 106. The number of aliphatic hydroxyl groups is 1. The number of rotatable bonds is 87. The third kappa shape index (κ3) is 81.6. The molecule has 5 atom stereocenters. The summed E-state index contributed by atoms with van der Waals surface area (Å²) in [5.74, 6) is -1.31. The van der Waals surface area contributed by atoms with Crippen molar-refractivity contribution in [2.24, 2.45) is 5.92 Å². The number of esters is 4. The monoisotopic (exact) mass is 1570 g/mol. The zero-order valence-electron chi connectivity index (χ0n) is 70.5. The Labute approximate surface area is 663 Å². The topological polar surface area (TPSA) is 237 Å². The van der Waals surface area contributed by atoms with E-state index in [-0.39, 0.29) is 25.7 Å². The molecule has 0 fully saturated rings. The Morgan fingerprint density at radius 3 is 0.759 bits per heavy atom. The molecule has 0 saturated heterocycles. The largest absolute Gasteiger partial charge is 0.472 e. The summed E-state index contributed by atoms with van der Waals surface area (Å²) < 4.78 is 69.0. The lowest BCUT2D eigenvalue weighted by molar-refractivity contribution is -0.161. The number of hydrogen-bond donors (Lipinski definition) is 3. The standard InChI is InChI=1S/C89H170O17P2/c1-6-9-12-15-18-21-24-27-29-30-31-35-39-43-48-53-58-63-68-73-87(92)100-79-85(106-89(94)75-70-65-60-55-50-45-40-36-33-32-34-38-42-46-51-56-61-66-71-82(4)5)81-104-108(97,98)102-77-83(90)76-101-107(95,96)103-80-84(78-99-86(91)72-67-62-57-52-47-41-26-23-20-17-14-11-8-3)105-88(93)74-69-64-59-54-49-44-37-28-25-22-19-16-13-10-7-2/h22,25,28,37,82-85,90H,6-21,23-24,26-27,29-36,38-81H2,1-5H3,(H,95,96)(H,97,98)/b25-22-,37-28-/t83-,84+,85+/m0/s1. The van der Waals surface area contributed by atoms with Gasteiger partial charge in [-0.25, -0.2) is 9.13 Å². The van der Waals surface area contributed by atoms with E-state index in [0.717, 1.165) is 109 Å². The average Bonchev–Trinajstić information content (AvgIpc) is 0.900. The fourth-order valence-corrected chi connectivity index (χ4v) is 15.0. The fraction of sp³-hybridized carbons (Fsp3) is 0.910. The van der Waals surface area contributed by atoms with Crippen molar-refractivity contribution < 1.29 is 80.2 Å². The molecule has 0 aromatic heterocycles. The number of unbranched alkanes of at least 4 members (excludes halogenated alkanes) is 56. The van der Waals surface area contributed by atoms with E-state index in [4.69, 9.17) is 37.0 Å². The van der Waals surface area contributed by atoms with Gasteiger partial charge in [0.25, 0.3) is 0 Å². The average molecular weight is 1570 g/mol. The molecule has 0 rings (SSSR count). The van der Waals surface area contributed by atoms with Gasteiger partial charge >= 0.3 is 39.5 Å². The summed E-state index contributed by atoms with van der Waals surface area (Å²) in [4.78, 5) is 73.3. The number of carbonyl (C=O) groups is 4. The lowest BCUT2D eigenvalue weighted by atomic mass is 10.0. The smallest absolute Gasteiger partial charge is 0.462 e. The molecule has 0 aromatic carbocycles. The molecule has 0 amide bonds. The van der Waals surface area contributed by atoms with Gasteiger partial charge in [-0.3, -0.25) is 37.3 Å². The number of allylic oxidation sites excluding steroid dienone is 4. The first-order chi connectivity index (χ1) is 52.5. The summed E-state index contributed by atoms with van der Waals surface area (Å²) in [6, 6.07) is 0. The molecule has 0 aliphatic rings. The van der Waals surface area contributed by atoms with Crippen LogP contribution in [0.2, 0.25) is 0 Å². The lowest BCUT2D eigenvalue weighted by Crippen LogP contribution is -2.30. The highest BCUT2D eigenvalue weighted by Gasteiger charge is 2.30. The lowest BCUT2D eigenvalue weighted by Gasteiger charge is -2.21. The predicted octanol–water partition coefficient (Wildman–Crippen LogP) is 27.1. The van der Waals surface area contributed by atoms with Gasteiger partial charge < -0.3 is 33.8 Å². The predicted molar refractivity (Wildman–Crippen MR) is 446 cm³/mol. The summed E-state index contributed by atoms with van der Waals surface area (Å²) in [5.41, 5.74) is 0. The van der Waals surface area contributed by atoms with E-state index < -0.39 is 97.5 Å². The molecule has 0 bridgehead atoms. The van der Waals surface area contributed by atoms with Crippen molar-refractivity contribution in [1.29, 1.82) is 0 Å². The van der Waals surface area contributed by atoms with E-state index in [0.29, 0.717) is 25.7 Å². The molecule has 0 aliphatic heterocycles. The zero-order chi connectivity index (χ0) is 79.0. The summed E-state index contributed by atoms with van der Waals surface area (Å²) in [7, 11) is -9.94. The molecular formula is C89H170O17P2. The normalized spacial score (nSPS) is 13.9. The van der Waals surface area contributed by atoms with Crippen molar-refractivity contribution in [3.63, 3.8) is 0 Å². The molecular weight excluding hydrogens is 1400 g/mol. The van der Waals surface area contributed by atoms with Gasteiger partial charge in [-0.15, -0.1) is 0 Å². The van der Waals surface area contributed by atoms with Gasteiger partial charge in [0.1, 0.15) is 19.3 Å². The van der Waals surface area contributed by atoms with Crippen LogP contribution in [0.1, 0.15) is 458 Å². The van der Waals surface area contributed by atoms with Gasteiger partial charge in [-0.05, 0) is 57.3 Å². The number of phosphoric acid groups is 2. The van der Waals surface area contributed by atoms with Crippen LogP contribution in [-0.4, -0.2) is 96.7 Å². The second-order valence-electron chi connectivity index (χ2n) is 31.8. The van der Waals surface area contributed by atoms with Crippen LogP contribution in [0.4, 0.5) is 0 Å². The number of hydrogen-bond acceptors (Lipinski definition) is 15. The first-order valence-electron chi connectivity index (χ1n) is 45.5. The van der Waals surface area contributed by atoms with Crippen LogP contribution in [0.3, 0.4) is 0 Å². The van der Waals surface area contributed by atoms with Crippen LogP contribution >= 0.6 is 15.6 Å².